The second-order valence-electron chi connectivity index (χ2n) is 6.11. The van der Waals surface area contributed by atoms with Gasteiger partial charge in [-0.25, -0.2) is 4.98 Å². The zero-order valence-corrected chi connectivity index (χ0v) is 15.6. The zero-order valence-electron chi connectivity index (χ0n) is 14.7. The molecule has 1 atom stereocenters. The van der Waals surface area contributed by atoms with Crippen molar-refractivity contribution >= 4 is 28.3 Å². The number of anilines is 1. The maximum atomic E-state index is 12.1. The van der Waals surface area contributed by atoms with Gasteiger partial charge in [-0.1, -0.05) is 44.4 Å². The summed E-state index contributed by atoms with van der Waals surface area (Å²) in [7, 11) is 0. The first-order valence-electron chi connectivity index (χ1n) is 8.68. The van der Waals surface area contributed by atoms with Crippen molar-refractivity contribution in [3.63, 3.8) is 0 Å². The maximum Gasteiger partial charge on any atom is 0.257 e. The van der Waals surface area contributed by atoms with E-state index >= 15 is 0 Å². The fraction of sp³-hybridized carbons (Fsp3) is 0.421. The van der Waals surface area contributed by atoms with E-state index in [9.17, 15) is 9.59 Å². The molecule has 2 N–H and O–H groups in total. The third-order valence-electron chi connectivity index (χ3n) is 3.80. The number of nitrogens with zero attached hydrogens (tertiary/aromatic N) is 1. The summed E-state index contributed by atoms with van der Waals surface area (Å²) in [6.45, 7) is 4.19. The van der Waals surface area contributed by atoms with Gasteiger partial charge in [0.15, 0.2) is 5.13 Å². The molecular weight excluding hydrogens is 334 g/mol. The highest BCUT2D eigenvalue weighted by Gasteiger charge is 2.12. The predicted molar refractivity (Wildman–Crippen MR) is 102 cm³/mol. The molecule has 0 radical (unpaired) electrons. The summed E-state index contributed by atoms with van der Waals surface area (Å²) in [5.74, 6) is -0.231. The molecule has 2 rings (SSSR count). The summed E-state index contributed by atoms with van der Waals surface area (Å²) in [5, 5.41) is 8.08. The highest BCUT2D eigenvalue weighted by Crippen LogP contribution is 2.17. The van der Waals surface area contributed by atoms with Crippen LogP contribution in [0.4, 0.5) is 5.13 Å². The van der Waals surface area contributed by atoms with E-state index in [0.717, 1.165) is 12.8 Å². The average Bonchev–Trinajstić information content (AvgIpc) is 3.02. The van der Waals surface area contributed by atoms with Crippen molar-refractivity contribution in [2.24, 2.45) is 0 Å². The highest BCUT2D eigenvalue weighted by molar-refractivity contribution is 7.14. The standard InChI is InChI=1S/C19H25N3O2S/c1-3-4-6-9-14(2)20-17(23)12-16-13-25-19(21-16)22-18(24)15-10-7-5-8-11-15/h5,7-8,10-11,13-14H,3-4,6,9,12H2,1-2H3,(H,20,23)(H,21,22,24). The molecule has 134 valence electrons. The number of aromatic nitrogens is 1. The number of carbonyl (C=O) groups excluding carboxylic acids is 2. The molecule has 2 amide bonds. The van der Waals surface area contributed by atoms with Gasteiger partial charge in [-0.05, 0) is 25.5 Å². The predicted octanol–water partition coefficient (Wildman–Crippen LogP) is 4.02. The van der Waals surface area contributed by atoms with Gasteiger partial charge in [-0.2, -0.15) is 0 Å². The van der Waals surface area contributed by atoms with Gasteiger partial charge in [0.25, 0.3) is 5.91 Å². The Labute approximate surface area is 152 Å². The lowest BCUT2D eigenvalue weighted by atomic mass is 10.1. The van der Waals surface area contributed by atoms with E-state index in [1.807, 2.05) is 30.5 Å². The van der Waals surface area contributed by atoms with Gasteiger partial charge in [0.1, 0.15) is 0 Å². The summed E-state index contributed by atoms with van der Waals surface area (Å²) in [5.41, 5.74) is 1.25. The van der Waals surface area contributed by atoms with Crippen LogP contribution in [0.15, 0.2) is 35.7 Å². The molecule has 1 unspecified atom stereocenters. The smallest absolute Gasteiger partial charge is 0.257 e. The van der Waals surface area contributed by atoms with E-state index in [1.54, 1.807) is 12.1 Å². The molecule has 5 nitrogen and oxygen atoms in total. The van der Waals surface area contributed by atoms with Crippen LogP contribution >= 0.6 is 11.3 Å². The molecule has 0 aliphatic heterocycles. The topological polar surface area (TPSA) is 71.1 Å². The van der Waals surface area contributed by atoms with Crippen molar-refractivity contribution in [2.75, 3.05) is 5.32 Å². The molecule has 1 aromatic heterocycles. The molecule has 0 bridgehead atoms. The summed E-state index contributed by atoms with van der Waals surface area (Å²) in [6.07, 6.45) is 4.73. The normalized spacial score (nSPS) is 11.8. The fourth-order valence-corrected chi connectivity index (χ4v) is 3.17. The Hall–Kier alpha value is -2.21. The summed E-state index contributed by atoms with van der Waals surface area (Å²) < 4.78 is 0. The van der Waals surface area contributed by atoms with Gasteiger partial charge in [0, 0.05) is 17.0 Å². The van der Waals surface area contributed by atoms with Crippen molar-refractivity contribution in [3.05, 3.63) is 47.0 Å². The molecule has 0 aliphatic carbocycles. The van der Waals surface area contributed by atoms with Crippen molar-refractivity contribution in [2.45, 2.75) is 52.0 Å². The molecule has 0 spiro atoms. The Morgan fingerprint density at radius 2 is 1.96 bits per heavy atom. The molecule has 1 heterocycles. The van der Waals surface area contributed by atoms with Crippen LogP contribution in [0, 0.1) is 0 Å². The van der Waals surface area contributed by atoms with E-state index in [1.165, 1.54) is 24.2 Å². The minimum Gasteiger partial charge on any atom is -0.353 e. The third-order valence-corrected chi connectivity index (χ3v) is 4.60. The Morgan fingerprint density at radius 3 is 2.68 bits per heavy atom. The van der Waals surface area contributed by atoms with E-state index in [-0.39, 0.29) is 24.3 Å². The minimum absolute atomic E-state index is 0.0322. The molecule has 6 heteroatoms. The molecule has 0 saturated heterocycles. The number of rotatable bonds is 9. The lowest BCUT2D eigenvalue weighted by molar-refractivity contribution is -0.121. The van der Waals surface area contributed by atoms with Crippen LogP contribution < -0.4 is 10.6 Å². The zero-order chi connectivity index (χ0) is 18.1. The fourth-order valence-electron chi connectivity index (χ4n) is 2.47. The van der Waals surface area contributed by atoms with Crippen LogP contribution in [-0.4, -0.2) is 22.8 Å². The second-order valence-corrected chi connectivity index (χ2v) is 6.96. The van der Waals surface area contributed by atoms with Crippen molar-refractivity contribution in [1.29, 1.82) is 0 Å². The monoisotopic (exact) mass is 359 g/mol. The molecule has 2 aromatic rings. The van der Waals surface area contributed by atoms with Gasteiger partial charge in [-0.3, -0.25) is 14.9 Å². The number of unbranched alkanes of at least 4 members (excludes halogenated alkanes) is 2. The average molecular weight is 359 g/mol. The largest absolute Gasteiger partial charge is 0.353 e. The van der Waals surface area contributed by atoms with Crippen molar-refractivity contribution in [1.82, 2.24) is 10.3 Å². The number of amides is 2. The molecule has 1 aromatic carbocycles. The lowest BCUT2D eigenvalue weighted by Gasteiger charge is -2.12. The number of carbonyl (C=O) groups is 2. The molecule has 0 fully saturated rings. The Morgan fingerprint density at radius 1 is 1.20 bits per heavy atom. The van der Waals surface area contributed by atoms with E-state index in [4.69, 9.17) is 0 Å². The summed E-state index contributed by atoms with van der Waals surface area (Å²) >= 11 is 1.33. The van der Waals surface area contributed by atoms with Crippen LogP contribution in [0.1, 0.15) is 55.6 Å². The van der Waals surface area contributed by atoms with Gasteiger partial charge < -0.3 is 5.32 Å². The van der Waals surface area contributed by atoms with Crippen LogP contribution in [0.5, 0.6) is 0 Å². The van der Waals surface area contributed by atoms with Crippen LogP contribution in [0.2, 0.25) is 0 Å². The first-order valence-corrected chi connectivity index (χ1v) is 9.56. The molecular formula is C19H25N3O2S. The van der Waals surface area contributed by atoms with Crippen LogP contribution in [-0.2, 0) is 11.2 Å². The van der Waals surface area contributed by atoms with E-state index < -0.39 is 0 Å². The van der Waals surface area contributed by atoms with Crippen LogP contribution in [0.3, 0.4) is 0 Å². The number of nitrogens with one attached hydrogen (secondary N) is 2. The van der Waals surface area contributed by atoms with Gasteiger partial charge in [-0.15, -0.1) is 11.3 Å². The molecule has 0 saturated carbocycles. The number of hydrogen-bond donors (Lipinski definition) is 2. The quantitative estimate of drug-likeness (QED) is 0.664. The number of thiazole rings is 1. The van der Waals surface area contributed by atoms with E-state index in [0.29, 0.717) is 16.4 Å². The SMILES string of the molecule is CCCCCC(C)NC(=O)Cc1csc(NC(=O)c2ccccc2)n1. The van der Waals surface area contributed by atoms with Gasteiger partial charge in [0.05, 0.1) is 12.1 Å². The Bertz CT molecular complexity index is 685. The van der Waals surface area contributed by atoms with Crippen molar-refractivity contribution in [3.8, 4) is 0 Å². The van der Waals surface area contributed by atoms with Crippen LogP contribution in [0.25, 0.3) is 0 Å². The summed E-state index contributed by atoms with van der Waals surface area (Å²) in [6, 6.07) is 9.16. The van der Waals surface area contributed by atoms with Gasteiger partial charge >= 0.3 is 0 Å². The van der Waals surface area contributed by atoms with E-state index in [2.05, 4.69) is 22.5 Å². The molecule has 25 heavy (non-hydrogen) atoms. The third kappa shape index (κ3) is 6.66. The van der Waals surface area contributed by atoms with Crippen molar-refractivity contribution < 1.29 is 9.59 Å². The Kier molecular flexibility index (Phi) is 7.60. The first-order chi connectivity index (χ1) is 12.1. The second kappa shape index (κ2) is 9.93. The lowest BCUT2D eigenvalue weighted by Crippen LogP contribution is -2.33. The number of hydrogen-bond acceptors (Lipinski definition) is 4. The van der Waals surface area contributed by atoms with Gasteiger partial charge in [0.2, 0.25) is 5.91 Å². The Balaban J connectivity index is 1.80. The summed E-state index contributed by atoms with van der Waals surface area (Å²) in [4.78, 5) is 28.5. The first kappa shape index (κ1) is 19.1. The minimum atomic E-state index is -0.199. The maximum absolute atomic E-state index is 12.1. The highest BCUT2D eigenvalue weighted by atomic mass is 32.1. The number of benzene rings is 1. The molecule has 0 aliphatic rings.